The number of carboxylic acid groups (broad SMARTS) is 1. The van der Waals surface area contributed by atoms with E-state index in [0.29, 0.717) is 12.6 Å². The standard InChI is InChI=1S/C17H25N3O4S/c1-18-25(23,24)16-4-2-14(3-5-16)19-10-7-15(8-11-19)20-9-6-13(12-20)17(21)22/h2-5,13,15,18H,6-12H2,1H3,(H,21,22). The lowest BCUT2D eigenvalue weighted by molar-refractivity contribution is -0.141. The molecule has 138 valence electrons. The van der Waals surface area contributed by atoms with E-state index in [2.05, 4.69) is 14.5 Å². The highest BCUT2D eigenvalue weighted by atomic mass is 32.2. The summed E-state index contributed by atoms with van der Waals surface area (Å²) in [6, 6.07) is 7.41. The van der Waals surface area contributed by atoms with Crippen LogP contribution >= 0.6 is 0 Å². The highest BCUT2D eigenvalue weighted by molar-refractivity contribution is 7.89. The summed E-state index contributed by atoms with van der Waals surface area (Å²) in [4.78, 5) is 16.0. The lowest BCUT2D eigenvalue weighted by Gasteiger charge is -2.38. The van der Waals surface area contributed by atoms with Crippen molar-refractivity contribution in [3.8, 4) is 0 Å². The Balaban J connectivity index is 1.57. The highest BCUT2D eigenvalue weighted by Gasteiger charge is 2.33. The van der Waals surface area contributed by atoms with Crippen molar-refractivity contribution in [1.82, 2.24) is 9.62 Å². The summed E-state index contributed by atoms with van der Waals surface area (Å²) >= 11 is 0. The Morgan fingerprint density at radius 1 is 1.12 bits per heavy atom. The van der Waals surface area contributed by atoms with E-state index in [-0.39, 0.29) is 10.8 Å². The first-order valence-corrected chi connectivity index (χ1v) is 10.1. The Morgan fingerprint density at radius 3 is 2.28 bits per heavy atom. The first-order chi connectivity index (χ1) is 11.9. The Labute approximate surface area is 148 Å². The van der Waals surface area contributed by atoms with Crippen LogP contribution < -0.4 is 9.62 Å². The number of nitrogens with zero attached hydrogens (tertiary/aromatic N) is 2. The molecule has 0 spiro atoms. The summed E-state index contributed by atoms with van der Waals surface area (Å²) in [6.07, 6.45) is 2.75. The molecule has 7 nitrogen and oxygen atoms in total. The van der Waals surface area contributed by atoms with Gasteiger partial charge in [-0.05, 0) is 57.1 Å². The van der Waals surface area contributed by atoms with E-state index in [1.807, 2.05) is 12.1 Å². The molecule has 8 heteroatoms. The van der Waals surface area contributed by atoms with E-state index in [9.17, 15) is 13.2 Å². The molecule has 0 saturated carbocycles. The van der Waals surface area contributed by atoms with Crippen LogP contribution in [0.3, 0.4) is 0 Å². The molecule has 1 aromatic rings. The van der Waals surface area contributed by atoms with Crippen molar-refractivity contribution >= 4 is 21.7 Å². The molecule has 0 aliphatic carbocycles. The maximum absolute atomic E-state index is 11.8. The van der Waals surface area contributed by atoms with E-state index >= 15 is 0 Å². The van der Waals surface area contributed by atoms with Crippen LogP contribution in [-0.4, -0.2) is 63.7 Å². The predicted molar refractivity (Wildman–Crippen MR) is 95.2 cm³/mol. The maximum Gasteiger partial charge on any atom is 0.307 e. The van der Waals surface area contributed by atoms with Crippen molar-refractivity contribution in [3.63, 3.8) is 0 Å². The number of sulfonamides is 1. The molecule has 2 aliphatic heterocycles. The monoisotopic (exact) mass is 367 g/mol. The van der Waals surface area contributed by atoms with Gasteiger partial charge in [-0.2, -0.15) is 0 Å². The number of carbonyl (C=O) groups is 1. The van der Waals surface area contributed by atoms with Crippen LogP contribution in [0.1, 0.15) is 19.3 Å². The van der Waals surface area contributed by atoms with Crippen molar-refractivity contribution in [3.05, 3.63) is 24.3 Å². The number of anilines is 1. The molecule has 1 atom stereocenters. The van der Waals surface area contributed by atoms with Gasteiger partial charge in [0.15, 0.2) is 0 Å². The number of rotatable bonds is 5. The van der Waals surface area contributed by atoms with Gasteiger partial charge in [-0.1, -0.05) is 0 Å². The minimum Gasteiger partial charge on any atom is -0.481 e. The molecular weight excluding hydrogens is 342 g/mol. The molecule has 0 radical (unpaired) electrons. The van der Waals surface area contributed by atoms with Crippen LogP contribution in [0.5, 0.6) is 0 Å². The predicted octanol–water partition coefficient (Wildman–Crippen LogP) is 0.970. The number of likely N-dealkylation sites (tertiary alicyclic amines) is 1. The number of aliphatic carboxylic acids is 1. The Morgan fingerprint density at radius 2 is 1.76 bits per heavy atom. The van der Waals surface area contributed by atoms with Gasteiger partial charge < -0.3 is 10.0 Å². The summed E-state index contributed by atoms with van der Waals surface area (Å²) in [5.74, 6) is -0.906. The number of hydrogen-bond donors (Lipinski definition) is 2. The second-order valence-corrected chi connectivity index (χ2v) is 8.62. The van der Waals surface area contributed by atoms with Crippen LogP contribution in [0, 0.1) is 5.92 Å². The first-order valence-electron chi connectivity index (χ1n) is 8.66. The molecule has 0 aromatic heterocycles. The third kappa shape index (κ3) is 3.96. The van der Waals surface area contributed by atoms with Gasteiger partial charge in [0, 0.05) is 31.4 Å². The third-order valence-electron chi connectivity index (χ3n) is 5.33. The van der Waals surface area contributed by atoms with E-state index in [1.165, 1.54) is 7.05 Å². The number of hydrogen-bond acceptors (Lipinski definition) is 5. The normalized spacial score (nSPS) is 23.1. The van der Waals surface area contributed by atoms with Gasteiger partial charge in [0.1, 0.15) is 0 Å². The molecule has 0 bridgehead atoms. The molecule has 1 unspecified atom stereocenters. The average molecular weight is 367 g/mol. The fraction of sp³-hybridized carbons (Fsp3) is 0.588. The van der Waals surface area contributed by atoms with Crippen LogP contribution in [-0.2, 0) is 14.8 Å². The van der Waals surface area contributed by atoms with Gasteiger partial charge in [-0.3, -0.25) is 9.69 Å². The Hall–Kier alpha value is -1.64. The van der Waals surface area contributed by atoms with Crippen molar-refractivity contribution in [1.29, 1.82) is 0 Å². The quantitative estimate of drug-likeness (QED) is 0.806. The van der Waals surface area contributed by atoms with E-state index in [0.717, 1.165) is 44.6 Å². The fourth-order valence-electron chi connectivity index (χ4n) is 3.76. The van der Waals surface area contributed by atoms with Crippen LogP contribution in [0.15, 0.2) is 29.2 Å². The first kappa shape index (κ1) is 18.2. The van der Waals surface area contributed by atoms with Crippen LogP contribution in [0.4, 0.5) is 5.69 Å². The van der Waals surface area contributed by atoms with E-state index in [4.69, 9.17) is 5.11 Å². The molecule has 2 heterocycles. The summed E-state index contributed by atoms with van der Waals surface area (Å²) in [5.41, 5.74) is 1.03. The number of carboxylic acids is 1. The summed E-state index contributed by atoms with van der Waals surface area (Å²) in [7, 11) is -2.00. The second kappa shape index (κ2) is 7.31. The summed E-state index contributed by atoms with van der Waals surface area (Å²) < 4.78 is 25.9. The topological polar surface area (TPSA) is 90.0 Å². The molecule has 2 fully saturated rings. The lowest BCUT2D eigenvalue weighted by Crippen LogP contribution is -2.44. The lowest BCUT2D eigenvalue weighted by atomic mass is 10.0. The van der Waals surface area contributed by atoms with E-state index in [1.54, 1.807) is 12.1 Å². The van der Waals surface area contributed by atoms with Crippen molar-refractivity contribution in [2.45, 2.75) is 30.2 Å². The van der Waals surface area contributed by atoms with E-state index < -0.39 is 16.0 Å². The maximum atomic E-state index is 11.8. The van der Waals surface area contributed by atoms with Crippen molar-refractivity contribution in [2.75, 3.05) is 38.1 Å². The Bertz CT molecular complexity index is 712. The molecule has 2 aliphatic rings. The molecule has 25 heavy (non-hydrogen) atoms. The molecule has 1 aromatic carbocycles. The average Bonchev–Trinajstić information content (AvgIpc) is 3.12. The van der Waals surface area contributed by atoms with Gasteiger partial charge >= 0.3 is 5.97 Å². The minimum absolute atomic E-state index is 0.223. The zero-order chi connectivity index (χ0) is 18.0. The number of piperidine rings is 1. The number of benzene rings is 1. The van der Waals surface area contributed by atoms with Gasteiger partial charge in [0.2, 0.25) is 10.0 Å². The van der Waals surface area contributed by atoms with Gasteiger partial charge in [0.05, 0.1) is 10.8 Å². The largest absolute Gasteiger partial charge is 0.481 e. The van der Waals surface area contributed by atoms with Gasteiger partial charge in [-0.25, -0.2) is 13.1 Å². The molecule has 2 N–H and O–H groups in total. The zero-order valence-electron chi connectivity index (χ0n) is 14.4. The third-order valence-corrected chi connectivity index (χ3v) is 6.76. The van der Waals surface area contributed by atoms with Gasteiger partial charge in [-0.15, -0.1) is 0 Å². The van der Waals surface area contributed by atoms with Crippen molar-refractivity contribution < 1.29 is 18.3 Å². The SMILES string of the molecule is CNS(=O)(=O)c1ccc(N2CCC(N3CCC(C(=O)O)C3)CC2)cc1. The van der Waals surface area contributed by atoms with Crippen LogP contribution in [0.25, 0.3) is 0 Å². The highest BCUT2D eigenvalue weighted by Crippen LogP contribution is 2.27. The minimum atomic E-state index is -3.40. The second-order valence-electron chi connectivity index (χ2n) is 6.74. The molecule has 0 amide bonds. The van der Waals surface area contributed by atoms with Crippen LogP contribution in [0.2, 0.25) is 0 Å². The molecule has 3 rings (SSSR count). The van der Waals surface area contributed by atoms with Gasteiger partial charge in [0.25, 0.3) is 0 Å². The summed E-state index contributed by atoms with van der Waals surface area (Å²) in [5, 5.41) is 9.14. The molecular formula is C17H25N3O4S. The number of nitrogens with one attached hydrogen (secondary N) is 1. The fourth-order valence-corrected chi connectivity index (χ4v) is 4.49. The summed E-state index contributed by atoms with van der Waals surface area (Å²) in [6.45, 7) is 3.34. The molecule has 2 saturated heterocycles. The Kier molecular flexibility index (Phi) is 5.31. The zero-order valence-corrected chi connectivity index (χ0v) is 15.2. The smallest absolute Gasteiger partial charge is 0.307 e. The van der Waals surface area contributed by atoms with Crippen molar-refractivity contribution in [2.24, 2.45) is 5.92 Å².